The number of nitrogens with one attached hydrogen (secondary N) is 1. The number of halogens is 2. The number of methoxy groups -OCH3 is 1. The summed E-state index contributed by atoms with van der Waals surface area (Å²) in [4.78, 5) is 10.6. The summed E-state index contributed by atoms with van der Waals surface area (Å²) in [6, 6.07) is 10.1. The third kappa shape index (κ3) is 5.69. The number of hydrogen-bond acceptors (Lipinski definition) is 4. The number of carbonyl (C=O) groups excluding carboxylic acids is 1. The van der Waals surface area contributed by atoms with Crippen LogP contribution in [-0.4, -0.2) is 23.8 Å². The van der Waals surface area contributed by atoms with E-state index in [0.717, 1.165) is 10.2 Å². The molecule has 122 valence electrons. The smallest absolute Gasteiger partial charge is 0.248 e. The van der Waals surface area contributed by atoms with Gasteiger partial charge in [0.15, 0.2) is 0 Å². The van der Waals surface area contributed by atoms with Crippen molar-refractivity contribution in [3.8, 4) is 11.5 Å². The number of carbonyl (C=O) groups is 1. The maximum absolute atomic E-state index is 10.6. The lowest BCUT2D eigenvalue weighted by Crippen LogP contribution is -2.10. The quantitative estimate of drug-likeness (QED) is 0.623. The summed E-state index contributed by atoms with van der Waals surface area (Å²) in [5.41, 5.74) is 6.40. The zero-order valence-electron chi connectivity index (χ0n) is 12.6. The van der Waals surface area contributed by atoms with Crippen molar-refractivity contribution in [3.05, 3.63) is 56.5 Å². The van der Waals surface area contributed by atoms with Crippen LogP contribution in [0.25, 0.3) is 0 Å². The van der Waals surface area contributed by atoms with Gasteiger partial charge in [0.1, 0.15) is 11.5 Å². The summed E-state index contributed by atoms with van der Waals surface area (Å²) in [5.74, 6) is 0.411. The molecule has 2 rings (SSSR count). The van der Waals surface area contributed by atoms with Gasteiger partial charge in [0.2, 0.25) is 5.91 Å². The summed E-state index contributed by atoms with van der Waals surface area (Å²) >= 11 is 6.47. The van der Waals surface area contributed by atoms with Crippen LogP contribution in [0.15, 0.2) is 45.3 Å². The summed E-state index contributed by atoms with van der Waals surface area (Å²) < 4.78 is 6.33. The molecule has 0 unspecified atom stereocenters. The predicted molar refractivity (Wildman–Crippen MR) is 97.5 cm³/mol. The SMILES string of the molecule is CC(=N)c1cc(Br)cc(Br)c1O.COc1ccc(C(N)=O)cc1. The highest BCUT2D eigenvalue weighted by Gasteiger charge is 2.08. The molecule has 0 saturated carbocycles. The van der Waals surface area contributed by atoms with Crippen molar-refractivity contribution in [1.82, 2.24) is 0 Å². The van der Waals surface area contributed by atoms with Gasteiger partial charge < -0.3 is 21.0 Å². The first-order valence-electron chi connectivity index (χ1n) is 6.43. The molecule has 7 heteroatoms. The molecule has 4 N–H and O–H groups in total. The molecule has 2 aromatic rings. The van der Waals surface area contributed by atoms with Crippen LogP contribution < -0.4 is 10.5 Å². The van der Waals surface area contributed by atoms with Crippen LogP contribution in [-0.2, 0) is 0 Å². The molecule has 0 saturated heterocycles. The van der Waals surface area contributed by atoms with Crippen LogP contribution in [0.3, 0.4) is 0 Å². The van der Waals surface area contributed by atoms with Gasteiger partial charge in [-0.15, -0.1) is 0 Å². The van der Waals surface area contributed by atoms with Crippen molar-refractivity contribution in [1.29, 1.82) is 5.41 Å². The molecule has 5 nitrogen and oxygen atoms in total. The van der Waals surface area contributed by atoms with Gasteiger partial charge in [-0.25, -0.2) is 0 Å². The molecule has 0 heterocycles. The number of primary amides is 1. The fraction of sp³-hybridized carbons (Fsp3) is 0.125. The van der Waals surface area contributed by atoms with E-state index in [1.54, 1.807) is 50.4 Å². The van der Waals surface area contributed by atoms with E-state index in [1.165, 1.54) is 0 Å². The number of amides is 1. The Kier molecular flexibility index (Phi) is 7.25. The van der Waals surface area contributed by atoms with Crippen LogP contribution in [0.1, 0.15) is 22.8 Å². The van der Waals surface area contributed by atoms with Gasteiger partial charge in [-0.3, -0.25) is 4.79 Å². The summed E-state index contributed by atoms with van der Waals surface area (Å²) in [6.07, 6.45) is 0. The van der Waals surface area contributed by atoms with Gasteiger partial charge in [-0.1, -0.05) is 15.9 Å². The number of nitrogens with two attached hydrogens (primary N) is 1. The Balaban J connectivity index is 0.000000231. The maximum atomic E-state index is 10.6. The van der Waals surface area contributed by atoms with Crippen molar-refractivity contribution in [2.75, 3.05) is 7.11 Å². The molecular weight excluding hydrogens is 428 g/mol. The summed E-state index contributed by atoms with van der Waals surface area (Å²) in [6.45, 7) is 1.63. The fourth-order valence-electron chi connectivity index (χ4n) is 1.61. The number of hydrogen-bond donors (Lipinski definition) is 3. The first-order chi connectivity index (χ1) is 10.8. The molecule has 0 aliphatic carbocycles. The van der Waals surface area contributed by atoms with Crippen LogP contribution in [0.2, 0.25) is 0 Å². The molecule has 0 radical (unpaired) electrons. The lowest BCUT2D eigenvalue weighted by molar-refractivity contribution is 0.100. The minimum Gasteiger partial charge on any atom is -0.506 e. The summed E-state index contributed by atoms with van der Waals surface area (Å²) in [7, 11) is 1.57. The van der Waals surface area contributed by atoms with Gasteiger partial charge in [-0.2, -0.15) is 0 Å². The van der Waals surface area contributed by atoms with Crippen molar-refractivity contribution in [2.45, 2.75) is 6.92 Å². The average molecular weight is 444 g/mol. The molecule has 0 aliphatic rings. The maximum Gasteiger partial charge on any atom is 0.248 e. The fourth-order valence-corrected chi connectivity index (χ4v) is 2.83. The Morgan fingerprint density at radius 3 is 2.22 bits per heavy atom. The number of aromatic hydroxyl groups is 1. The third-order valence-corrected chi connectivity index (χ3v) is 3.87. The zero-order chi connectivity index (χ0) is 17.6. The lowest BCUT2D eigenvalue weighted by Gasteiger charge is -2.04. The van der Waals surface area contributed by atoms with Gasteiger partial charge >= 0.3 is 0 Å². The Morgan fingerprint density at radius 2 is 1.78 bits per heavy atom. The van der Waals surface area contributed by atoms with E-state index in [1.807, 2.05) is 0 Å². The third-order valence-electron chi connectivity index (χ3n) is 2.81. The average Bonchev–Trinajstić information content (AvgIpc) is 2.51. The molecule has 2 aromatic carbocycles. The van der Waals surface area contributed by atoms with E-state index in [2.05, 4.69) is 31.9 Å². The molecule has 0 fully saturated rings. The minimum atomic E-state index is -0.423. The summed E-state index contributed by atoms with van der Waals surface area (Å²) in [5, 5.41) is 16.9. The number of phenols is 1. The molecule has 0 aliphatic heterocycles. The number of rotatable bonds is 3. The van der Waals surface area contributed by atoms with E-state index in [0.29, 0.717) is 21.3 Å². The number of phenolic OH excluding ortho intramolecular Hbond substituents is 1. The van der Waals surface area contributed by atoms with E-state index in [-0.39, 0.29) is 5.75 Å². The highest BCUT2D eigenvalue weighted by molar-refractivity contribution is 9.11. The Morgan fingerprint density at radius 1 is 1.22 bits per heavy atom. The van der Waals surface area contributed by atoms with Crippen molar-refractivity contribution < 1.29 is 14.6 Å². The van der Waals surface area contributed by atoms with Crippen LogP contribution >= 0.6 is 31.9 Å². The highest BCUT2D eigenvalue weighted by atomic mass is 79.9. The minimum absolute atomic E-state index is 0.116. The number of ether oxygens (including phenoxy) is 1. The van der Waals surface area contributed by atoms with Crippen molar-refractivity contribution in [2.24, 2.45) is 5.73 Å². The molecule has 0 atom stereocenters. The van der Waals surface area contributed by atoms with Crippen molar-refractivity contribution in [3.63, 3.8) is 0 Å². The zero-order valence-corrected chi connectivity index (χ0v) is 15.7. The number of benzene rings is 2. The second-order valence-corrected chi connectivity index (χ2v) is 6.27. The molecule has 0 aromatic heterocycles. The topological polar surface area (TPSA) is 96.4 Å². The second-order valence-electron chi connectivity index (χ2n) is 4.50. The Labute approximate surface area is 151 Å². The Hall–Kier alpha value is -1.86. The van der Waals surface area contributed by atoms with E-state index in [9.17, 15) is 9.90 Å². The monoisotopic (exact) mass is 442 g/mol. The van der Waals surface area contributed by atoms with Crippen LogP contribution in [0, 0.1) is 5.41 Å². The molecule has 1 amide bonds. The molecule has 0 spiro atoms. The standard InChI is InChI=1S/C8H7Br2NO.C8H9NO2/c1-4(11)6-2-5(9)3-7(10)8(6)12;1-11-7-4-2-6(3-5-7)8(9)10/h2-3,11-12H,1H3;2-5H,1H3,(H2,9,10). The molecule has 23 heavy (non-hydrogen) atoms. The van der Waals surface area contributed by atoms with Gasteiger partial charge in [0.05, 0.1) is 11.6 Å². The predicted octanol–water partition coefficient (Wildman–Crippen LogP) is 4.10. The largest absolute Gasteiger partial charge is 0.506 e. The first kappa shape index (κ1) is 19.2. The highest BCUT2D eigenvalue weighted by Crippen LogP contribution is 2.31. The molecular formula is C16H16Br2N2O3. The van der Waals surface area contributed by atoms with Gasteiger partial charge in [0.25, 0.3) is 0 Å². The van der Waals surface area contributed by atoms with E-state index >= 15 is 0 Å². The van der Waals surface area contributed by atoms with Crippen molar-refractivity contribution >= 4 is 43.5 Å². The first-order valence-corrected chi connectivity index (χ1v) is 8.02. The molecule has 0 bridgehead atoms. The van der Waals surface area contributed by atoms with Crippen LogP contribution in [0.5, 0.6) is 11.5 Å². The van der Waals surface area contributed by atoms with E-state index in [4.69, 9.17) is 15.9 Å². The second kappa shape index (κ2) is 8.69. The van der Waals surface area contributed by atoms with Gasteiger partial charge in [-0.05, 0) is 59.3 Å². The van der Waals surface area contributed by atoms with E-state index < -0.39 is 5.91 Å². The van der Waals surface area contributed by atoms with Crippen LogP contribution in [0.4, 0.5) is 0 Å². The Bertz CT molecular complexity index is 716. The lowest BCUT2D eigenvalue weighted by atomic mass is 10.1. The van der Waals surface area contributed by atoms with Gasteiger partial charge in [0, 0.05) is 21.3 Å². The normalized spacial score (nSPS) is 9.57.